The molecule has 1 saturated carbocycles. The van der Waals surface area contributed by atoms with Crippen molar-refractivity contribution >= 4 is 0 Å². The molecule has 1 heteroatoms. The number of aliphatic hydroxyl groups is 1. The number of rotatable bonds is 2. The highest BCUT2D eigenvalue weighted by Crippen LogP contribution is 2.36. The van der Waals surface area contributed by atoms with Gasteiger partial charge in [0.25, 0.3) is 0 Å². The third-order valence-electron chi connectivity index (χ3n) is 3.59. The van der Waals surface area contributed by atoms with Gasteiger partial charge in [-0.15, -0.1) is 0 Å². The molecule has 13 heavy (non-hydrogen) atoms. The van der Waals surface area contributed by atoms with E-state index in [-0.39, 0.29) is 6.10 Å². The Morgan fingerprint density at radius 3 is 2.31 bits per heavy atom. The van der Waals surface area contributed by atoms with E-state index in [0.717, 1.165) is 18.3 Å². The van der Waals surface area contributed by atoms with Crippen LogP contribution in [0.2, 0.25) is 0 Å². The van der Waals surface area contributed by atoms with Gasteiger partial charge in [0.1, 0.15) is 0 Å². The van der Waals surface area contributed by atoms with Gasteiger partial charge in [0, 0.05) is 0 Å². The second kappa shape index (κ2) is 4.45. The molecule has 0 saturated heterocycles. The zero-order chi connectivity index (χ0) is 10.0. The van der Waals surface area contributed by atoms with E-state index in [4.69, 9.17) is 0 Å². The molecule has 4 atom stereocenters. The number of hydrogen-bond donors (Lipinski definition) is 1. The molecule has 1 aliphatic rings. The molecular weight excluding hydrogens is 160 g/mol. The molecule has 4 unspecified atom stereocenters. The monoisotopic (exact) mass is 184 g/mol. The summed E-state index contributed by atoms with van der Waals surface area (Å²) in [6.07, 6.45) is 3.58. The normalized spacial score (nSPS) is 41.1. The van der Waals surface area contributed by atoms with Gasteiger partial charge in [-0.3, -0.25) is 0 Å². The Labute approximate surface area is 82.5 Å². The first kappa shape index (κ1) is 11.0. The maximum Gasteiger partial charge on any atom is 0.0571 e. The Morgan fingerprint density at radius 1 is 1.23 bits per heavy atom. The highest BCUT2D eigenvalue weighted by molar-refractivity contribution is 4.82. The molecule has 1 fully saturated rings. The van der Waals surface area contributed by atoms with Gasteiger partial charge in [-0.05, 0) is 42.9 Å². The highest BCUT2D eigenvalue weighted by atomic mass is 16.3. The molecule has 0 aromatic carbocycles. The van der Waals surface area contributed by atoms with E-state index in [2.05, 4.69) is 27.7 Å². The molecule has 0 aliphatic heterocycles. The molecule has 0 radical (unpaired) electrons. The van der Waals surface area contributed by atoms with Crippen molar-refractivity contribution in [2.24, 2.45) is 23.7 Å². The summed E-state index contributed by atoms with van der Waals surface area (Å²) in [5.74, 6) is 2.75. The van der Waals surface area contributed by atoms with Crippen LogP contribution in [0.25, 0.3) is 0 Å². The van der Waals surface area contributed by atoms with Gasteiger partial charge in [-0.2, -0.15) is 0 Å². The van der Waals surface area contributed by atoms with Gasteiger partial charge in [0.05, 0.1) is 6.10 Å². The Bertz CT molecular complexity index is 141. The Balaban J connectivity index is 2.44. The Morgan fingerprint density at radius 2 is 1.85 bits per heavy atom. The van der Waals surface area contributed by atoms with E-state index in [1.54, 1.807) is 0 Å². The summed E-state index contributed by atoms with van der Waals surface area (Å²) >= 11 is 0. The third kappa shape index (κ3) is 2.98. The average Bonchev–Trinajstić information content (AvgIpc) is 1.98. The number of aliphatic hydroxyl groups excluding tert-OH is 1. The SMILES string of the molecule is CC(C)CC1CC(C)C(C)C(O)C1. The lowest BCUT2D eigenvalue weighted by Crippen LogP contribution is -2.33. The lowest BCUT2D eigenvalue weighted by atomic mass is 9.72. The molecule has 0 amide bonds. The summed E-state index contributed by atoms with van der Waals surface area (Å²) in [5.41, 5.74) is 0. The molecule has 0 aromatic rings. The number of hydrogen-bond acceptors (Lipinski definition) is 1. The molecule has 0 aromatic heterocycles. The van der Waals surface area contributed by atoms with Crippen LogP contribution in [0.1, 0.15) is 47.0 Å². The van der Waals surface area contributed by atoms with Gasteiger partial charge >= 0.3 is 0 Å². The van der Waals surface area contributed by atoms with Crippen LogP contribution in [0.3, 0.4) is 0 Å². The summed E-state index contributed by atoms with van der Waals surface area (Å²) < 4.78 is 0. The van der Waals surface area contributed by atoms with Crippen LogP contribution in [0.5, 0.6) is 0 Å². The van der Waals surface area contributed by atoms with Gasteiger partial charge in [0.2, 0.25) is 0 Å². The van der Waals surface area contributed by atoms with E-state index in [1.807, 2.05) is 0 Å². The standard InChI is InChI=1S/C12H24O/c1-8(2)5-11-6-9(3)10(4)12(13)7-11/h8-13H,5-7H2,1-4H3. The van der Waals surface area contributed by atoms with Gasteiger partial charge in [-0.1, -0.05) is 27.7 Å². The van der Waals surface area contributed by atoms with Crippen molar-refractivity contribution in [3.05, 3.63) is 0 Å². The van der Waals surface area contributed by atoms with Crippen molar-refractivity contribution in [3.63, 3.8) is 0 Å². The molecule has 1 rings (SSSR count). The Kier molecular flexibility index (Phi) is 3.78. The van der Waals surface area contributed by atoms with Crippen molar-refractivity contribution < 1.29 is 5.11 Å². The van der Waals surface area contributed by atoms with E-state index >= 15 is 0 Å². The van der Waals surface area contributed by atoms with Crippen molar-refractivity contribution in [1.82, 2.24) is 0 Å². The predicted octanol–water partition coefficient (Wildman–Crippen LogP) is 3.08. The molecule has 0 heterocycles. The fourth-order valence-electron chi connectivity index (χ4n) is 2.63. The average molecular weight is 184 g/mol. The van der Waals surface area contributed by atoms with Crippen LogP contribution in [0.15, 0.2) is 0 Å². The Hall–Kier alpha value is -0.0400. The van der Waals surface area contributed by atoms with Crippen molar-refractivity contribution in [2.45, 2.75) is 53.1 Å². The van der Waals surface area contributed by atoms with E-state index in [9.17, 15) is 5.11 Å². The molecule has 78 valence electrons. The minimum Gasteiger partial charge on any atom is -0.393 e. The van der Waals surface area contributed by atoms with Gasteiger partial charge < -0.3 is 5.11 Å². The quantitative estimate of drug-likeness (QED) is 0.699. The largest absolute Gasteiger partial charge is 0.393 e. The first-order valence-electron chi connectivity index (χ1n) is 5.68. The molecule has 0 spiro atoms. The fraction of sp³-hybridized carbons (Fsp3) is 1.00. The molecule has 1 aliphatic carbocycles. The summed E-state index contributed by atoms with van der Waals surface area (Å²) in [7, 11) is 0. The minimum absolute atomic E-state index is 0.0486. The zero-order valence-electron chi connectivity index (χ0n) is 9.46. The molecule has 1 N–H and O–H groups in total. The van der Waals surface area contributed by atoms with Gasteiger partial charge in [-0.25, -0.2) is 0 Å². The van der Waals surface area contributed by atoms with E-state index in [1.165, 1.54) is 12.8 Å². The second-order valence-corrected chi connectivity index (χ2v) is 5.37. The smallest absolute Gasteiger partial charge is 0.0571 e. The predicted molar refractivity (Wildman–Crippen MR) is 56.5 cm³/mol. The van der Waals surface area contributed by atoms with Crippen LogP contribution < -0.4 is 0 Å². The first-order valence-corrected chi connectivity index (χ1v) is 5.68. The van der Waals surface area contributed by atoms with Crippen molar-refractivity contribution in [3.8, 4) is 0 Å². The van der Waals surface area contributed by atoms with Crippen LogP contribution in [0.4, 0.5) is 0 Å². The summed E-state index contributed by atoms with van der Waals surface area (Å²) in [4.78, 5) is 0. The summed E-state index contributed by atoms with van der Waals surface area (Å²) in [5, 5.41) is 9.83. The maximum absolute atomic E-state index is 9.83. The highest BCUT2D eigenvalue weighted by Gasteiger charge is 2.31. The molecule has 0 bridgehead atoms. The lowest BCUT2D eigenvalue weighted by molar-refractivity contribution is 0.0165. The summed E-state index contributed by atoms with van der Waals surface area (Å²) in [6.45, 7) is 9.01. The van der Waals surface area contributed by atoms with E-state index in [0.29, 0.717) is 11.8 Å². The van der Waals surface area contributed by atoms with Crippen LogP contribution in [-0.2, 0) is 0 Å². The third-order valence-corrected chi connectivity index (χ3v) is 3.59. The lowest BCUT2D eigenvalue weighted by Gasteiger charge is -2.36. The minimum atomic E-state index is -0.0486. The molecular formula is C12H24O. The maximum atomic E-state index is 9.83. The van der Waals surface area contributed by atoms with Crippen LogP contribution >= 0.6 is 0 Å². The van der Waals surface area contributed by atoms with Crippen molar-refractivity contribution in [2.75, 3.05) is 0 Å². The second-order valence-electron chi connectivity index (χ2n) is 5.37. The van der Waals surface area contributed by atoms with Crippen LogP contribution in [-0.4, -0.2) is 11.2 Å². The zero-order valence-corrected chi connectivity index (χ0v) is 9.46. The topological polar surface area (TPSA) is 20.2 Å². The first-order chi connectivity index (χ1) is 6.00. The van der Waals surface area contributed by atoms with Gasteiger partial charge in [0.15, 0.2) is 0 Å². The summed E-state index contributed by atoms with van der Waals surface area (Å²) in [6, 6.07) is 0. The fourth-order valence-corrected chi connectivity index (χ4v) is 2.63. The molecule has 1 nitrogen and oxygen atoms in total. The van der Waals surface area contributed by atoms with Crippen molar-refractivity contribution in [1.29, 1.82) is 0 Å². The van der Waals surface area contributed by atoms with E-state index < -0.39 is 0 Å². The van der Waals surface area contributed by atoms with Crippen LogP contribution in [0, 0.1) is 23.7 Å².